The lowest BCUT2D eigenvalue weighted by Crippen LogP contribution is -2.01. The van der Waals surface area contributed by atoms with E-state index < -0.39 is 41.5 Å². The lowest BCUT2D eigenvalue weighted by molar-refractivity contribution is 0.440. The van der Waals surface area contributed by atoms with E-state index in [9.17, 15) is 27.0 Å². The van der Waals surface area contributed by atoms with Gasteiger partial charge in [0, 0.05) is 33.6 Å². The Morgan fingerprint density at radius 1 is 0.733 bits per heavy atom. The van der Waals surface area contributed by atoms with Gasteiger partial charge in [0.25, 0.3) is 20.2 Å². The molecule has 0 saturated carbocycles. The fourth-order valence-corrected chi connectivity index (χ4v) is 4.08. The summed E-state index contributed by atoms with van der Waals surface area (Å²) in [6.07, 6.45) is 2.25. The molecule has 0 aliphatic heterocycles. The first-order valence-corrected chi connectivity index (χ1v) is 11.4. The maximum Gasteiger partial charge on any atom is 0.298 e. The molecule has 0 atom stereocenters. The average molecular weight is 497 g/mol. The Balaban J connectivity index is 2.13. The van der Waals surface area contributed by atoms with Gasteiger partial charge in [-0.3, -0.25) is 19.1 Å². The van der Waals surface area contributed by atoms with E-state index in [0.717, 1.165) is 24.6 Å². The molecule has 0 unspecified atom stereocenters. The third-order valence-electron chi connectivity index (χ3n) is 3.51. The first-order chi connectivity index (χ1) is 13.8. The van der Waals surface area contributed by atoms with Crippen molar-refractivity contribution >= 4 is 55.9 Å². The van der Waals surface area contributed by atoms with Crippen molar-refractivity contribution in [3.05, 3.63) is 45.4 Å². The second-order valence-electron chi connectivity index (χ2n) is 5.70. The first kappa shape index (κ1) is 24.1. The van der Waals surface area contributed by atoms with Crippen LogP contribution in [0.1, 0.15) is 11.1 Å². The smallest absolute Gasteiger partial charge is 0.298 e. The molecule has 0 aromatic heterocycles. The third kappa shape index (κ3) is 6.14. The first-order valence-electron chi connectivity index (χ1n) is 7.80. The number of aromatic hydroxyl groups is 2. The number of hydrogen-bond acceptors (Lipinski definition) is 8. The number of nitrogens with zero attached hydrogens (tertiary/aromatic N) is 2. The summed E-state index contributed by atoms with van der Waals surface area (Å²) in [5, 5.41) is 19.7. The van der Waals surface area contributed by atoms with Gasteiger partial charge < -0.3 is 10.2 Å². The van der Waals surface area contributed by atoms with Crippen LogP contribution in [0.25, 0.3) is 0 Å². The van der Waals surface area contributed by atoms with Gasteiger partial charge in [0.1, 0.15) is 21.3 Å². The van der Waals surface area contributed by atoms with Crippen LogP contribution in [0.4, 0.5) is 0 Å². The minimum absolute atomic E-state index is 0.0500. The minimum Gasteiger partial charge on any atom is -0.506 e. The Morgan fingerprint density at radius 2 is 1.07 bits per heavy atom. The predicted octanol–water partition coefficient (Wildman–Crippen LogP) is 2.44. The van der Waals surface area contributed by atoms with Gasteiger partial charge in [0.2, 0.25) is 0 Å². The van der Waals surface area contributed by atoms with Gasteiger partial charge in [0.15, 0.2) is 0 Å². The molecule has 2 aromatic carbocycles. The molecule has 0 saturated heterocycles. The highest BCUT2D eigenvalue weighted by Gasteiger charge is 2.20. The van der Waals surface area contributed by atoms with Crippen LogP contribution in [-0.4, -0.2) is 61.7 Å². The molecule has 2 aromatic rings. The lowest BCUT2D eigenvalue weighted by Gasteiger charge is -2.06. The van der Waals surface area contributed by atoms with Crippen LogP contribution in [0, 0.1) is 0 Å². The maximum absolute atomic E-state index is 11.2. The van der Waals surface area contributed by atoms with Crippen LogP contribution in [0.5, 0.6) is 11.5 Å². The largest absolute Gasteiger partial charge is 0.506 e. The zero-order valence-corrected chi connectivity index (χ0v) is 17.9. The molecule has 30 heavy (non-hydrogen) atoms. The van der Waals surface area contributed by atoms with E-state index in [0.29, 0.717) is 0 Å². The second kappa shape index (κ2) is 9.29. The molecule has 0 bridgehead atoms. The average Bonchev–Trinajstić information content (AvgIpc) is 2.60. The van der Waals surface area contributed by atoms with E-state index in [1.165, 1.54) is 12.1 Å². The number of rotatable bonds is 7. The summed E-state index contributed by atoms with van der Waals surface area (Å²) < 4.78 is 63.1. The lowest BCUT2D eigenvalue weighted by atomic mass is 10.2. The quantitative estimate of drug-likeness (QED) is 0.256. The zero-order valence-electron chi connectivity index (χ0n) is 14.8. The zero-order chi connectivity index (χ0) is 22.7. The van der Waals surface area contributed by atoms with Gasteiger partial charge in [-0.05, 0) is 24.3 Å². The van der Waals surface area contributed by atoms with Crippen molar-refractivity contribution in [2.45, 2.75) is 9.79 Å². The van der Waals surface area contributed by atoms with Gasteiger partial charge in [0.05, 0.1) is 13.1 Å². The fraction of sp³-hybridized carbons (Fsp3) is 0.125. The van der Waals surface area contributed by atoms with Crippen LogP contribution < -0.4 is 0 Å². The molecule has 0 heterocycles. The van der Waals surface area contributed by atoms with E-state index in [2.05, 4.69) is 9.98 Å². The van der Waals surface area contributed by atoms with Crippen LogP contribution in [0.2, 0.25) is 10.0 Å². The number of benzene rings is 2. The molecule has 0 fully saturated rings. The van der Waals surface area contributed by atoms with E-state index in [1.807, 2.05) is 0 Å². The minimum atomic E-state index is -4.68. The Kier molecular flexibility index (Phi) is 7.45. The number of halogens is 2. The normalized spacial score (nSPS) is 12.8. The van der Waals surface area contributed by atoms with Crippen molar-refractivity contribution in [2.24, 2.45) is 9.98 Å². The van der Waals surface area contributed by atoms with Crippen LogP contribution >= 0.6 is 23.2 Å². The van der Waals surface area contributed by atoms with E-state index >= 15 is 0 Å². The molecule has 0 radical (unpaired) electrons. The van der Waals surface area contributed by atoms with Crippen molar-refractivity contribution in [3.8, 4) is 11.5 Å². The van der Waals surface area contributed by atoms with Crippen molar-refractivity contribution < 1.29 is 36.2 Å². The molecule has 162 valence electrons. The molecular weight excluding hydrogens is 483 g/mol. The SMILES string of the molecule is O=S(=O)(O)c1cc(Cl)cc(C=NCCN=Cc2cc(Cl)cc(S(=O)(=O)O)c2O)c1O. The number of hydrogen-bond donors (Lipinski definition) is 4. The molecule has 14 heteroatoms. The van der Waals surface area contributed by atoms with Gasteiger partial charge in [-0.2, -0.15) is 16.8 Å². The number of phenols is 2. The second-order valence-corrected chi connectivity index (χ2v) is 9.36. The fourth-order valence-electron chi connectivity index (χ4n) is 2.22. The topological polar surface area (TPSA) is 174 Å². The third-order valence-corrected chi connectivity index (χ3v) is 5.68. The van der Waals surface area contributed by atoms with Crippen LogP contribution in [0.3, 0.4) is 0 Å². The van der Waals surface area contributed by atoms with Gasteiger partial charge in [-0.1, -0.05) is 23.2 Å². The van der Waals surface area contributed by atoms with Crippen LogP contribution in [-0.2, 0) is 20.2 Å². The Bertz CT molecular complexity index is 1140. The Labute approximate surface area is 181 Å². The highest BCUT2D eigenvalue weighted by atomic mass is 35.5. The standard InChI is InChI=1S/C16H14Cl2N2O8S2/c17-11-3-9(15(21)13(5-11)29(23,24)25)7-19-1-2-20-8-10-4-12(18)6-14(16(10)22)30(26,27)28/h3-8,21-22H,1-2H2,(H,23,24,25)(H,26,27,28). The molecular formula is C16H14Cl2N2O8S2. The van der Waals surface area contributed by atoms with E-state index in [4.69, 9.17) is 32.3 Å². The van der Waals surface area contributed by atoms with Crippen molar-refractivity contribution in [2.75, 3.05) is 13.1 Å². The van der Waals surface area contributed by atoms with Crippen molar-refractivity contribution in [3.63, 3.8) is 0 Å². The van der Waals surface area contributed by atoms with Crippen LogP contribution in [0.15, 0.2) is 44.0 Å². The summed E-state index contributed by atoms with van der Waals surface area (Å²) in [7, 11) is -9.37. The summed E-state index contributed by atoms with van der Waals surface area (Å²) in [5.74, 6) is -1.45. The van der Waals surface area contributed by atoms with Crippen molar-refractivity contribution in [1.82, 2.24) is 0 Å². The van der Waals surface area contributed by atoms with Gasteiger partial charge in [-0.25, -0.2) is 0 Å². The molecule has 10 nitrogen and oxygen atoms in total. The summed E-state index contributed by atoms with van der Waals surface area (Å²) in [5.41, 5.74) is -0.103. The summed E-state index contributed by atoms with van der Waals surface area (Å²) in [6.45, 7) is 0.103. The molecule has 0 aliphatic rings. The molecule has 0 spiro atoms. The summed E-state index contributed by atoms with van der Waals surface area (Å²) in [4.78, 5) is 6.35. The molecule has 4 N–H and O–H groups in total. The number of aliphatic imine (C=N–C) groups is 2. The Morgan fingerprint density at radius 3 is 1.37 bits per heavy atom. The van der Waals surface area contributed by atoms with E-state index in [1.54, 1.807) is 0 Å². The van der Waals surface area contributed by atoms with Gasteiger partial charge in [-0.15, -0.1) is 0 Å². The maximum atomic E-state index is 11.2. The van der Waals surface area contributed by atoms with E-state index in [-0.39, 0.29) is 34.3 Å². The predicted molar refractivity (Wildman–Crippen MR) is 111 cm³/mol. The monoisotopic (exact) mass is 496 g/mol. The molecule has 0 aliphatic carbocycles. The Hall–Kier alpha value is -2.22. The highest BCUT2D eigenvalue weighted by molar-refractivity contribution is 7.86. The summed E-state index contributed by atoms with van der Waals surface area (Å²) in [6, 6.07) is 4.23. The molecule has 0 amide bonds. The molecule has 2 rings (SSSR count). The van der Waals surface area contributed by atoms with Crippen molar-refractivity contribution in [1.29, 1.82) is 0 Å². The van der Waals surface area contributed by atoms with Gasteiger partial charge >= 0.3 is 0 Å². The highest BCUT2D eigenvalue weighted by Crippen LogP contribution is 2.30. The number of phenolic OH excluding ortho intramolecular Hbond substituents is 2. The summed E-state index contributed by atoms with van der Waals surface area (Å²) >= 11 is 11.5.